The molecule has 12 heteroatoms. The molecule has 1 aliphatic heterocycles. The van der Waals surface area contributed by atoms with Gasteiger partial charge in [0.15, 0.2) is 11.5 Å². The Hall–Kier alpha value is -3.67. The molecular weight excluding hydrogens is 454 g/mol. The molecule has 2 aromatic rings. The first-order chi connectivity index (χ1) is 16.5. The van der Waals surface area contributed by atoms with Crippen LogP contribution in [0.15, 0.2) is 24.3 Å². The molecule has 0 aliphatic carbocycles. The number of pyridine rings is 1. The summed E-state index contributed by atoms with van der Waals surface area (Å²) in [5.41, 5.74) is 5.17. The lowest BCUT2D eigenvalue weighted by atomic mass is 10.0. The molecule has 5 N–H and O–H groups in total. The molecule has 1 fully saturated rings. The topological polar surface area (TPSA) is 163 Å². The van der Waals surface area contributed by atoms with Crippen LogP contribution in [0.2, 0.25) is 0 Å². The maximum atomic E-state index is 12.3. The monoisotopic (exact) mass is 487 g/mol. The van der Waals surface area contributed by atoms with Gasteiger partial charge in [0.1, 0.15) is 11.4 Å². The fourth-order valence-corrected chi connectivity index (χ4v) is 3.37. The van der Waals surface area contributed by atoms with Gasteiger partial charge in [0.25, 0.3) is 5.91 Å². The molecule has 3 heterocycles. The minimum absolute atomic E-state index is 0.0389. The molecule has 1 saturated heterocycles. The minimum atomic E-state index is -0.739. The van der Waals surface area contributed by atoms with Gasteiger partial charge < -0.3 is 35.9 Å². The third kappa shape index (κ3) is 7.95. The zero-order valence-electron chi connectivity index (χ0n) is 20.6. The molecule has 0 radical (unpaired) electrons. The zero-order chi connectivity index (χ0) is 25.6. The number of amides is 2. The van der Waals surface area contributed by atoms with Crippen LogP contribution in [0.25, 0.3) is 0 Å². The van der Waals surface area contributed by atoms with E-state index in [1.54, 1.807) is 45.0 Å². The molecule has 35 heavy (non-hydrogen) atoms. The van der Waals surface area contributed by atoms with Crippen molar-refractivity contribution in [2.24, 2.45) is 5.73 Å². The second kappa shape index (κ2) is 11.2. The Morgan fingerprint density at radius 1 is 1.17 bits per heavy atom. The zero-order valence-corrected chi connectivity index (χ0v) is 20.6. The molecule has 12 nitrogen and oxygen atoms in total. The number of primary amides is 1. The van der Waals surface area contributed by atoms with Gasteiger partial charge in [0, 0.05) is 18.7 Å². The van der Waals surface area contributed by atoms with Crippen LogP contribution in [0.1, 0.15) is 51.5 Å². The van der Waals surface area contributed by atoms with Gasteiger partial charge in [-0.1, -0.05) is 6.07 Å². The standard InChI is InChI=1S/C23H33N7O5/c1-13(2)34-19-8-6-7-17(28-19)26-15-11-18(29-30-20(15)21(24)31)25-14-9-10-33-12-16(14)27-22(32)35-23(3,4)5/h6-8,11,13-14,16H,9-10,12H2,1-5H3,(H2,24,31)(H,27,32)(H2,25,26,28,29). The maximum absolute atomic E-state index is 12.3. The van der Waals surface area contributed by atoms with Gasteiger partial charge >= 0.3 is 6.09 Å². The number of carbonyl (C=O) groups excluding carboxylic acids is 2. The van der Waals surface area contributed by atoms with Crippen LogP contribution in [0.3, 0.4) is 0 Å². The van der Waals surface area contributed by atoms with Gasteiger partial charge in [-0.15, -0.1) is 10.2 Å². The Kier molecular flexibility index (Phi) is 8.28. The van der Waals surface area contributed by atoms with Crippen molar-refractivity contribution in [1.29, 1.82) is 0 Å². The number of alkyl carbamates (subject to hydrolysis) is 1. The SMILES string of the molecule is CC(C)Oc1cccc(Nc2cc(NC3CCOCC3NC(=O)OC(C)(C)C)nnc2C(N)=O)n1. The highest BCUT2D eigenvalue weighted by Crippen LogP contribution is 2.24. The van der Waals surface area contributed by atoms with Crippen molar-refractivity contribution < 1.29 is 23.8 Å². The molecular formula is C23H33N7O5. The van der Waals surface area contributed by atoms with E-state index in [2.05, 4.69) is 31.1 Å². The molecule has 0 bridgehead atoms. The van der Waals surface area contributed by atoms with Gasteiger partial charge in [-0.05, 0) is 47.1 Å². The van der Waals surface area contributed by atoms with E-state index in [0.29, 0.717) is 42.8 Å². The highest BCUT2D eigenvalue weighted by molar-refractivity contribution is 5.97. The Morgan fingerprint density at radius 3 is 2.63 bits per heavy atom. The first-order valence-corrected chi connectivity index (χ1v) is 11.4. The molecule has 0 aromatic carbocycles. The molecule has 2 amide bonds. The van der Waals surface area contributed by atoms with Crippen molar-refractivity contribution in [3.63, 3.8) is 0 Å². The summed E-state index contributed by atoms with van der Waals surface area (Å²) in [7, 11) is 0. The molecule has 2 atom stereocenters. The van der Waals surface area contributed by atoms with Crippen molar-refractivity contribution in [3.8, 4) is 5.88 Å². The Labute approximate surface area is 204 Å². The number of hydrogen-bond donors (Lipinski definition) is 4. The smallest absolute Gasteiger partial charge is 0.408 e. The van der Waals surface area contributed by atoms with Crippen molar-refractivity contribution >= 4 is 29.3 Å². The summed E-state index contributed by atoms with van der Waals surface area (Å²) >= 11 is 0. The summed E-state index contributed by atoms with van der Waals surface area (Å²) in [5.74, 6) is 0.524. The third-order valence-corrected chi connectivity index (χ3v) is 4.76. The number of carbonyl (C=O) groups is 2. The second-order valence-corrected chi connectivity index (χ2v) is 9.38. The van der Waals surface area contributed by atoms with Gasteiger partial charge in [0.05, 0.1) is 30.5 Å². The van der Waals surface area contributed by atoms with Gasteiger partial charge in [-0.2, -0.15) is 4.98 Å². The number of nitrogens with two attached hydrogens (primary N) is 1. The Bertz CT molecular complexity index is 1040. The Morgan fingerprint density at radius 2 is 1.94 bits per heavy atom. The third-order valence-electron chi connectivity index (χ3n) is 4.76. The minimum Gasteiger partial charge on any atom is -0.475 e. The van der Waals surface area contributed by atoms with Crippen molar-refractivity contribution in [1.82, 2.24) is 20.5 Å². The van der Waals surface area contributed by atoms with Crippen LogP contribution in [0.5, 0.6) is 5.88 Å². The summed E-state index contributed by atoms with van der Waals surface area (Å²) in [5, 5.41) is 17.3. The fraction of sp³-hybridized carbons (Fsp3) is 0.522. The average molecular weight is 488 g/mol. The molecule has 2 aromatic heterocycles. The summed E-state index contributed by atoms with van der Waals surface area (Å²) in [6, 6.07) is 6.29. The number of nitrogens with zero attached hydrogens (tertiary/aromatic N) is 3. The molecule has 0 saturated carbocycles. The van der Waals surface area contributed by atoms with Crippen molar-refractivity contribution in [2.75, 3.05) is 23.8 Å². The highest BCUT2D eigenvalue weighted by Gasteiger charge is 2.29. The molecule has 0 spiro atoms. The lowest BCUT2D eigenvalue weighted by Gasteiger charge is -2.33. The van der Waals surface area contributed by atoms with Gasteiger partial charge in [-0.3, -0.25) is 4.79 Å². The molecule has 190 valence electrons. The van der Waals surface area contributed by atoms with E-state index in [-0.39, 0.29) is 23.9 Å². The molecule has 1 aliphatic rings. The summed E-state index contributed by atoms with van der Waals surface area (Å²) in [6.45, 7) is 10.0. The summed E-state index contributed by atoms with van der Waals surface area (Å²) < 4.78 is 16.5. The molecule has 3 rings (SSSR count). The molecule has 2 unspecified atom stereocenters. The fourth-order valence-electron chi connectivity index (χ4n) is 3.37. The Balaban J connectivity index is 1.78. The van der Waals surface area contributed by atoms with E-state index in [4.69, 9.17) is 19.9 Å². The van der Waals surface area contributed by atoms with Crippen molar-refractivity contribution in [2.45, 2.75) is 64.8 Å². The van der Waals surface area contributed by atoms with Crippen LogP contribution in [-0.2, 0) is 9.47 Å². The van der Waals surface area contributed by atoms with Gasteiger partial charge in [0.2, 0.25) is 5.88 Å². The normalized spacial score (nSPS) is 18.0. The second-order valence-electron chi connectivity index (χ2n) is 9.38. The number of aromatic nitrogens is 3. The van der Waals surface area contributed by atoms with E-state index < -0.39 is 17.6 Å². The van der Waals surface area contributed by atoms with Crippen LogP contribution >= 0.6 is 0 Å². The number of hydrogen-bond acceptors (Lipinski definition) is 10. The first kappa shape index (κ1) is 25.9. The number of anilines is 3. The van der Waals surface area contributed by atoms with E-state index in [9.17, 15) is 9.59 Å². The number of rotatable bonds is 8. The predicted octanol–water partition coefficient (Wildman–Crippen LogP) is 2.60. The van der Waals surface area contributed by atoms with E-state index in [0.717, 1.165) is 0 Å². The van der Waals surface area contributed by atoms with E-state index in [1.807, 2.05) is 13.8 Å². The average Bonchev–Trinajstić information content (AvgIpc) is 2.73. The first-order valence-electron chi connectivity index (χ1n) is 11.4. The van der Waals surface area contributed by atoms with E-state index >= 15 is 0 Å². The summed E-state index contributed by atoms with van der Waals surface area (Å²) in [6.07, 6.45) is 0.0319. The lowest BCUT2D eigenvalue weighted by molar-refractivity contribution is 0.0317. The highest BCUT2D eigenvalue weighted by atomic mass is 16.6. The summed E-state index contributed by atoms with van der Waals surface area (Å²) in [4.78, 5) is 28.6. The van der Waals surface area contributed by atoms with Crippen LogP contribution < -0.4 is 26.4 Å². The maximum Gasteiger partial charge on any atom is 0.408 e. The van der Waals surface area contributed by atoms with Gasteiger partial charge in [-0.25, -0.2) is 4.79 Å². The van der Waals surface area contributed by atoms with Crippen LogP contribution in [0.4, 0.5) is 22.1 Å². The largest absolute Gasteiger partial charge is 0.475 e. The van der Waals surface area contributed by atoms with Crippen LogP contribution in [-0.4, -0.2) is 64.2 Å². The lowest BCUT2D eigenvalue weighted by Crippen LogP contribution is -2.53. The van der Waals surface area contributed by atoms with Crippen LogP contribution in [0, 0.1) is 0 Å². The quantitative estimate of drug-likeness (QED) is 0.435. The van der Waals surface area contributed by atoms with E-state index in [1.165, 1.54) is 0 Å². The predicted molar refractivity (Wildman–Crippen MR) is 130 cm³/mol. The van der Waals surface area contributed by atoms with Crippen molar-refractivity contribution in [3.05, 3.63) is 30.0 Å². The number of nitrogens with one attached hydrogen (secondary N) is 3. The number of ether oxygens (including phenoxy) is 3.